The molecule has 17 heavy (non-hydrogen) atoms. The summed E-state index contributed by atoms with van der Waals surface area (Å²) in [5, 5.41) is 1.10. The molecule has 1 aliphatic heterocycles. The first kappa shape index (κ1) is 11.9. The van der Waals surface area contributed by atoms with E-state index in [1.54, 1.807) is 0 Å². The fraction of sp³-hybridized carbons (Fsp3) is 0.273. The van der Waals surface area contributed by atoms with E-state index in [0.717, 1.165) is 6.07 Å². The summed E-state index contributed by atoms with van der Waals surface area (Å²) in [5.41, 5.74) is 0.353. The fourth-order valence-electron chi connectivity index (χ4n) is 1.75. The summed E-state index contributed by atoms with van der Waals surface area (Å²) >= 11 is 5.80. The molecule has 1 aliphatic rings. The number of hydrogen-bond donors (Lipinski definition) is 1. The van der Waals surface area contributed by atoms with E-state index in [1.807, 2.05) is 0 Å². The van der Waals surface area contributed by atoms with Gasteiger partial charge < -0.3 is 4.74 Å². The molecule has 1 fully saturated rings. The van der Waals surface area contributed by atoms with Crippen molar-refractivity contribution in [2.45, 2.75) is 11.3 Å². The third-order valence-corrected chi connectivity index (χ3v) is 3.06. The van der Waals surface area contributed by atoms with Crippen molar-refractivity contribution in [1.82, 2.24) is 5.32 Å². The van der Waals surface area contributed by atoms with Crippen LogP contribution in [0.5, 0.6) is 5.75 Å². The van der Waals surface area contributed by atoms with Crippen molar-refractivity contribution in [3.8, 4) is 5.75 Å². The van der Waals surface area contributed by atoms with Gasteiger partial charge in [-0.15, -0.1) is 11.6 Å². The lowest BCUT2D eigenvalue weighted by Gasteiger charge is -2.11. The van der Waals surface area contributed by atoms with Crippen LogP contribution in [-0.4, -0.2) is 24.3 Å². The predicted octanol–water partition coefficient (Wildman–Crippen LogP) is 1.18. The van der Waals surface area contributed by atoms with E-state index < -0.39 is 28.9 Å². The number of hydrogen-bond acceptors (Lipinski definition) is 3. The highest BCUT2D eigenvalue weighted by Gasteiger charge is 2.41. The average Bonchev–Trinajstić information content (AvgIpc) is 2.53. The Morgan fingerprint density at radius 2 is 2.06 bits per heavy atom. The van der Waals surface area contributed by atoms with Crippen molar-refractivity contribution in [3.05, 3.63) is 29.6 Å². The number of carbonyl (C=O) groups excluding carboxylic acids is 2. The van der Waals surface area contributed by atoms with Gasteiger partial charge >= 0.3 is 0 Å². The minimum absolute atomic E-state index is 0.0737. The molecule has 0 saturated carbocycles. The van der Waals surface area contributed by atoms with Crippen LogP contribution in [0.2, 0.25) is 0 Å². The Labute approximate surface area is 102 Å². The van der Waals surface area contributed by atoms with Crippen molar-refractivity contribution < 1.29 is 18.7 Å². The Kier molecular flexibility index (Phi) is 3.02. The second-order valence-corrected chi connectivity index (χ2v) is 4.10. The Bertz CT molecular complexity index is 492. The first-order valence-electron chi connectivity index (χ1n) is 4.87. The second kappa shape index (κ2) is 4.33. The SMILES string of the molecule is COc1ccc(C2C(=O)NC(=O)C2Cl)cc1F. The van der Waals surface area contributed by atoms with Gasteiger partial charge in [-0.3, -0.25) is 14.9 Å². The summed E-state index contributed by atoms with van der Waals surface area (Å²) in [7, 11) is 1.34. The number of ether oxygens (including phenoxy) is 1. The molecule has 2 unspecified atom stereocenters. The molecule has 0 bridgehead atoms. The molecule has 0 radical (unpaired) electrons. The van der Waals surface area contributed by atoms with Crippen LogP contribution in [0.1, 0.15) is 11.5 Å². The molecule has 2 amide bonds. The quantitative estimate of drug-likeness (QED) is 0.639. The van der Waals surface area contributed by atoms with Gasteiger partial charge in [0, 0.05) is 0 Å². The van der Waals surface area contributed by atoms with Gasteiger partial charge in [0.25, 0.3) is 0 Å². The third kappa shape index (κ3) is 1.98. The molecule has 1 aromatic rings. The van der Waals surface area contributed by atoms with E-state index in [9.17, 15) is 14.0 Å². The highest BCUT2D eigenvalue weighted by atomic mass is 35.5. The molecule has 0 aliphatic carbocycles. The van der Waals surface area contributed by atoms with Gasteiger partial charge in [-0.25, -0.2) is 4.39 Å². The molecule has 2 atom stereocenters. The largest absolute Gasteiger partial charge is 0.494 e. The van der Waals surface area contributed by atoms with Gasteiger partial charge in [0.15, 0.2) is 11.6 Å². The highest BCUT2D eigenvalue weighted by molar-refractivity contribution is 6.37. The predicted molar refractivity (Wildman–Crippen MR) is 58.5 cm³/mol. The van der Waals surface area contributed by atoms with Crippen molar-refractivity contribution in [1.29, 1.82) is 0 Å². The third-order valence-electron chi connectivity index (χ3n) is 2.61. The van der Waals surface area contributed by atoms with E-state index in [2.05, 4.69) is 5.32 Å². The second-order valence-electron chi connectivity index (χ2n) is 3.63. The molecular formula is C11H9ClFNO3. The maximum atomic E-state index is 13.5. The molecule has 1 heterocycles. The van der Waals surface area contributed by atoms with Crippen LogP contribution < -0.4 is 10.1 Å². The van der Waals surface area contributed by atoms with Gasteiger partial charge in [0.2, 0.25) is 11.8 Å². The summed E-state index contributed by atoms with van der Waals surface area (Å²) in [6.45, 7) is 0. The van der Waals surface area contributed by atoms with Crippen molar-refractivity contribution in [3.63, 3.8) is 0 Å². The molecule has 0 spiro atoms. The van der Waals surface area contributed by atoms with Crippen molar-refractivity contribution in [2.24, 2.45) is 0 Å². The van der Waals surface area contributed by atoms with E-state index in [0.29, 0.717) is 5.56 Å². The van der Waals surface area contributed by atoms with Crippen LogP contribution in [0.25, 0.3) is 0 Å². The Balaban J connectivity index is 2.38. The number of rotatable bonds is 2. The normalized spacial score (nSPS) is 23.7. The van der Waals surface area contributed by atoms with Crippen LogP contribution in [0.4, 0.5) is 4.39 Å². The maximum Gasteiger partial charge on any atom is 0.245 e. The standard InChI is InChI=1S/C11H9ClFNO3/c1-17-7-3-2-5(4-6(7)13)8-9(12)11(16)14-10(8)15/h2-4,8-9H,1H3,(H,14,15,16). The maximum absolute atomic E-state index is 13.5. The minimum atomic E-state index is -1.00. The highest BCUT2D eigenvalue weighted by Crippen LogP contribution is 2.31. The lowest BCUT2D eigenvalue weighted by molar-refractivity contribution is -0.125. The van der Waals surface area contributed by atoms with Gasteiger partial charge in [-0.2, -0.15) is 0 Å². The first-order valence-corrected chi connectivity index (χ1v) is 5.30. The number of benzene rings is 1. The van der Waals surface area contributed by atoms with Crippen LogP contribution in [0.15, 0.2) is 18.2 Å². The fourth-order valence-corrected chi connectivity index (χ4v) is 2.06. The molecule has 0 aromatic heterocycles. The van der Waals surface area contributed by atoms with Gasteiger partial charge in [0.05, 0.1) is 13.0 Å². The smallest absolute Gasteiger partial charge is 0.245 e. The molecule has 1 aromatic carbocycles. The number of methoxy groups -OCH3 is 1. The van der Waals surface area contributed by atoms with Crippen LogP contribution in [0.3, 0.4) is 0 Å². The number of amides is 2. The molecule has 2 rings (SSSR count). The van der Waals surface area contributed by atoms with Gasteiger partial charge in [0.1, 0.15) is 5.38 Å². The molecule has 1 saturated heterocycles. The minimum Gasteiger partial charge on any atom is -0.494 e. The number of imide groups is 1. The van der Waals surface area contributed by atoms with Crippen LogP contribution >= 0.6 is 11.6 Å². The topological polar surface area (TPSA) is 55.4 Å². The number of carbonyl (C=O) groups is 2. The zero-order chi connectivity index (χ0) is 12.6. The van der Waals surface area contributed by atoms with Gasteiger partial charge in [-0.1, -0.05) is 6.07 Å². The number of halogens is 2. The van der Waals surface area contributed by atoms with Crippen molar-refractivity contribution >= 4 is 23.4 Å². The Morgan fingerprint density at radius 1 is 1.35 bits per heavy atom. The summed E-state index contributed by atoms with van der Waals surface area (Å²) < 4.78 is 18.2. The summed E-state index contributed by atoms with van der Waals surface area (Å²) in [5.74, 6) is -2.45. The number of alkyl halides is 1. The van der Waals surface area contributed by atoms with E-state index >= 15 is 0 Å². The molecule has 6 heteroatoms. The Morgan fingerprint density at radius 3 is 2.53 bits per heavy atom. The lowest BCUT2D eigenvalue weighted by atomic mass is 9.97. The van der Waals surface area contributed by atoms with Crippen LogP contribution in [0, 0.1) is 5.82 Å². The van der Waals surface area contributed by atoms with E-state index in [4.69, 9.17) is 16.3 Å². The average molecular weight is 258 g/mol. The summed E-state index contributed by atoms with van der Waals surface area (Å²) in [4.78, 5) is 22.7. The molecule has 4 nitrogen and oxygen atoms in total. The molecular weight excluding hydrogens is 249 g/mol. The zero-order valence-electron chi connectivity index (χ0n) is 8.87. The van der Waals surface area contributed by atoms with Gasteiger partial charge in [-0.05, 0) is 17.7 Å². The molecule has 90 valence electrons. The monoisotopic (exact) mass is 257 g/mol. The summed E-state index contributed by atoms with van der Waals surface area (Å²) in [6.07, 6.45) is 0. The summed E-state index contributed by atoms with van der Waals surface area (Å²) in [6, 6.07) is 4.06. The Hall–Kier alpha value is -1.62. The number of nitrogens with one attached hydrogen (secondary N) is 1. The lowest BCUT2D eigenvalue weighted by Crippen LogP contribution is -2.22. The first-order chi connectivity index (χ1) is 8.04. The zero-order valence-corrected chi connectivity index (χ0v) is 9.62. The molecule has 1 N–H and O–H groups in total. The van der Waals surface area contributed by atoms with Crippen molar-refractivity contribution in [2.75, 3.05) is 7.11 Å². The van der Waals surface area contributed by atoms with E-state index in [-0.39, 0.29) is 5.75 Å². The van der Waals surface area contributed by atoms with Crippen LogP contribution in [-0.2, 0) is 9.59 Å². The van der Waals surface area contributed by atoms with E-state index in [1.165, 1.54) is 19.2 Å².